The first-order valence-corrected chi connectivity index (χ1v) is 12.0. The standard InChI is InChI=1S/C21H24BN5O6S/c1-13(2)27-18-10-14(4-7-17(18)24-21(27)28)12-23-26(8-9-33-3)20-16-6-5-15(22(29)30)11-19(16)34(31,32)25-20/h4-7,10-13,29-30H,8-9H2,1-3H3,(H,24,28)/b23-12+. The molecule has 0 aliphatic carbocycles. The molecule has 0 radical (unpaired) electrons. The number of H-pyrrole nitrogens is 1. The highest BCUT2D eigenvalue weighted by atomic mass is 32.2. The molecule has 0 amide bonds. The summed E-state index contributed by atoms with van der Waals surface area (Å²) < 4.78 is 36.0. The van der Waals surface area contributed by atoms with Crippen molar-refractivity contribution in [1.82, 2.24) is 14.6 Å². The molecule has 178 valence electrons. The second kappa shape index (κ2) is 9.18. The molecule has 0 saturated heterocycles. The number of rotatable bonds is 7. The van der Waals surface area contributed by atoms with Gasteiger partial charge >= 0.3 is 12.8 Å². The molecule has 3 N–H and O–H groups in total. The van der Waals surface area contributed by atoms with E-state index in [2.05, 4.69) is 14.5 Å². The van der Waals surface area contributed by atoms with Crippen LogP contribution in [-0.4, -0.2) is 72.5 Å². The van der Waals surface area contributed by atoms with Crippen molar-refractivity contribution in [3.8, 4) is 0 Å². The Bertz CT molecular complexity index is 1460. The van der Waals surface area contributed by atoms with E-state index in [1.165, 1.54) is 30.3 Å². The van der Waals surface area contributed by atoms with Crippen LogP contribution >= 0.6 is 0 Å². The van der Waals surface area contributed by atoms with E-state index in [9.17, 15) is 23.3 Å². The third kappa shape index (κ3) is 4.42. The van der Waals surface area contributed by atoms with Crippen molar-refractivity contribution in [2.45, 2.75) is 24.8 Å². The van der Waals surface area contributed by atoms with Crippen molar-refractivity contribution in [3.63, 3.8) is 0 Å². The van der Waals surface area contributed by atoms with E-state index in [1.807, 2.05) is 19.9 Å². The Balaban J connectivity index is 1.73. The molecule has 2 heterocycles. The van der Waals surface area contributed by atoms with Crippen molar-refractivity contribution >= 4 is 45.7 Å². The fraction of sp³-hybridized carbons (Fsp3) is 0.286. The van der Waals surface area contributed by atoms with E-state index < -0.39 is 17.1 Å². The van der Waals surface area contributed by atoms with Crippen LogP contribution in [0.15, 0.2) is 55.6 Å². The lowest BCUT2D eigenvalue weighted by Gasteiger charge is -2.18. The first kappa shape index (κ1) is 23.9. The molecular formula is C21H24BN5O6S. The Kier molecular flexibility index (Phi) is 6.45. The number of sulfonamides is 1. The zero-order chi connectivity index (χ0) is 24.6. The first-order valence-electron chi connectivity index (χ1n) is 10.5. The predicted octanol–water partition coefficient (Wildman–Crippen LogP) is 0.0217. The number of benzene rings is 2. The molecule has 0 spiro atoms. The van der Waals surface area contributed by atoms with Gasteiger partial charge in [0.1, 0.15) is 4.90 Å². The molecule has 0 saturated carbocycles. The first-order chi connectivity index (χ1) is 16.1. The molecule has 3 aromatic rings. The van der Waals surface area contributed by atoms with Crippen molar-refractivity contribution in [3.05, 3.63) is 58.0 Å². The van der Waals surface area contributed by atoms with Crippen LogP contribution in [0.25, 0.3) is 11.0 Å². The molecule has 4 rings (SSSR count). The minimum absolute atomic E-state index is 0.0384. The lowest BCUT2D eigenvalue weighted by Crippen LogP contribution is -2.32. The molecular weight excluding hydrogens is 461 g/mol. The molecule has 34 heavy (non-hydrogen) atoms. The second-order valence-corrected chi connectivity index (χ2v) is 9.62. The molecule has 0 atom stereocenters. The summed E-state index contributed by atoms with van der Waals surface area (Å²) in [5.74, 6) is 0.101. The third-order valence-corrected chi connectivity index (χ3v) is 6.69. The van der Waals surface area contributed by atoms with Gasteiger partial charge in [-0.25, -0.2) is 9.80 Å². The quantitative estimate of drug-likeness (QED) is 0.243. The molecule has 0 unspecified atom stereocenters. The molecule has 11 nitrogen and oxygen atoms in total. The van der Waals surface area contributed by atoms with Gasteiger partial charge < -0.3 is 19.8 Å². The van der Waals surface area contributed by atoms with Crippen molar-refractivity contribution in [2.24, 2.45) is 9.50 Å². The molecule has 13 heteroatoms. The van der Waals surface area contributed by atoms with Gasteiger partial charge in [-0.3, -0.25) is 4.57 Å². The predicted molar refractivity (Wildman–Crippen MR) is 129 cm³/mol. The zero-order valence-electron chi connectivity index (χ0n) is 18.8. The number of amidine groups is 1. The number of aromatic amines is 1. The molecule has 0 bridgehead atoms. The fourth-order valence-corrected chi connectivity index (χ4v) is 5.00. The van der Waals surface area contributed by atoms with Gasteiger partial charge in [-0.05, 0) is 43.1 Å². The SMILES string of the molecule is COCCN(/N=C/c1ccc2[nH]c(=O)n(C(C)C)c2c1)C1=NS(=O)(=O)c2cc(B(O)O)ccc21. The third-order valence-electron chi connectivity index (χ3n) is 5.39. The highest BCUT2D eigenvalue weighted by Gasteiger charge is 2.33. The van der Waals surface area contributed by atoms with Gasteiger partial charge in [-0.15, -0.1) is 4.40 Å². The minimum atomic E-state index is -4.04. The molecule has 0 fully saturated rings. The molecule has 1 aliphatic heterocycles. The summed E-state index contributed by atoms with van der Waals surface area (Å²) in [5, 5.41) is 24.7. The number of hydrogen-bond donors (Lipinski definition) is 3. The van der Waals surface area contributed by atoms with Crippen LogP contribution in [0.4, 0.5) is 0 Å². The maximum Gasteiger partial charge on any atom is 0.488 e. The number of methoxy groups -OCH3 is 1. The summed E-state index contributed by atoms with van der Waals surface area (Å²) in [6, 6.07) is 9.43. The van der Waals surface area contributed by atoms with E-state index in [0.717, 1.165) is 5.52 Å². The van der Waals surface area contributed by atoms with E-state index in [1.54, 1.807) is 22.9 Å². The van der Waals surface area contributed by atoms with E-state index in [0.29, 0.717) is 16.6 Å². The van der Waals surface area contributed by atoms with Crippen LogP contribution in [-0.2, 0) is 14.8 Å². The number of ether oxygens (including phenoxy) is 1. The monoisotopic (exact) mass is 485 g/mol. The number of hydrazone groups is 1. The van der Waals surface area contributed by atoms with Crippen molar-refractivity contribution < 1.29 is 23.2 Å². The lowest BCUT2D eigenvalue weighted by molar-refractivity contribution is 0.178. The normalized spacial score (nSPS) is 14.7. The van der Waals surface area contributed by atoms with Crippen LogP contribution in [0, 0.1) is 0 Å². The minimum Gasteiger partial charge on any atom is -0.423 e. The van der Waals surface area contributed by atoms with Crippen LogP contribution in [0.1, 0.15) is 31.0 Å². The summed E-state index contributed by atoms with van der Waals surface area (Å²) in [6.45, 7) is 4.30. The average molecular weight is 485 g/mol. The smallest absolute Gasteiger partial charge is 0.423 e. The van der Waals surface area contributed by atoms with Gasteiger partial charge in [-0.1, -0.05) is 18.2 Å². The van der Waals surface area contributed by atoms with E-state index >= 15 is 0 Å². The Morgan fingerprint density at radius 1 is 1.26 bits per heavy atom. The Labute approximate surface area is 196 Å². The molecule has 1 aromatic heterocycles. The summed E-state index contributed by atoms with van der Waals surface area (Å²) >= 11 is 0. The van der Waals surface area contributed by atoms with Gasteiger partial charge in [-0.2, -0.15) is 13.5 Å². The lowest BCUT2D eigenvalue weighted by atomic mass is 9.80. The van der Waals surface area contributed by atoms with Crippen LogP contribution in [0.5, 0.6) is 0 Å². The molecule has 2 aromatic carbocycles. The number of nitrogens with one attached hydrogen (secondary N) is 1. The highest BCUT2D eigenvalue weighted by molar-refractivity contribution is 7.90. The van der Waals surface area contributed by atoms with Gasteiger partial charge in [0.2, 0.25) is 0 Å². The fourth-order valence-electron chi connectivity index (χ4n) is 3.76. The Morgan fingerprint density at radius 2 is 2.03 bits per heavy atom. The van der Waals surface area contributed by atoms with Gasteiger partial charge in [0.15, 0.2) is 5.84 Å². The van der Waals surface area contributed by atoms with Gasteiger partial charge in [0, 0.05) is 18.7 Å². The number of nitrogens with zero attached hydrogens (tertiary/aromatic N) is 4. The van der Waals surface area contributed by atoms with Crippen LogP contribution in [0.3, 0.4) is 0 Å². The number of hydrogen-bond acceptors (Lipinski definition) is 8. The van der Waals surface area contributed by atoms with Crippen LogP contribution < -0.4 is 11.2 Å². The summed E-state index contributed by atoms with van der Waals surface area (Å²) in [6.07, 6.45) is 1.55. The van der Waals surface area contributed by atoms with E-state index in [4.69, 9.17) is 4.74 Å². The van der Waals surface area contributed by atoms with Crippen LogP contribution in [0.2, 0.25) is 0 Å². The maximum absolute atomic E-state index is 12.6. The van der Waals surface area contributed by atoms with Gasteiger partial charge in [0.25, 0.3) is 10.0 Å². The maximum atomic E-state index is 12.6. The largest absolute Gasteiger partial charge is 0.488 e. The average Bonchev–Trinajstić information content (AvgIpc) is 3.25. The summed E-state index contributed by atoms with van der Waals surface area (Å²) in [4.78, 5) is 14.9. The second-order valence-electron chi connectivity index (χ2n) is 8.05. The van der Waals surface area contributed by atoms with E-state index in [-0.39, 0.29) is 41.1 Å². The number of aromatic nitrogens is 2. The Hall–Kier alpha value is -3.26. The zero-order valence-corrected chi connectivity index (χ0v) is 19.7. The topological polar surface area (TPSA) is 150 Å². The van der Waals surface area contributed by atoms with Gasteiger partial charge in [0.05, 0.1) is 30.4 Å². The summed E-state index contributed by atoms with van der Waals surface area (Å²) in [5.41, 5.74) is 2.27. The highest BCUT2D eigenvalue weighted by Crippen LogP contribution is 2.27. The van der Waals surface area contributed by atoms with Crippen molar-refractivity contribution in [1.29, 1.82) is 0 Å². The Morgan fingerprint density at radius 3 is 2.71 bits per heavy atom. The number of fused-ring (bicyclic) bond motifs is 2. The van der Waals surface area contributed by atoms with Crippen molar-refractivity contribution in [2.75, 3.05) is 20.3 Å². The summed E-state index contributed by atoms with van der Waals surface area (Å²) in [7, 11) is -4.33. The number of imidazole rings is 1. The molecule has 1 aliphatic rings.